The number of aliphatic carboxylic acids is 1. The third-order valence-corrected chi connectivity index (χ3v) is 7.71. The maximum Gasteiger partial charge on any atom is 0.313 e. The second-order valence-corrected chi connectivity index (χ2v) is 8.76. The summed E-state index contributed by atoms with van der Waals surface area (Å²) in [6.45, 7) is 6.00. The Hall–Kier alpha value is -1.62. The predicted octanol–water partition coefficient (Wildman–Crippen LogP) is 1.91. The smallest absolute Gasteiger partial charge is 0.313 e. The summed E-state index contributed by atoms with van der Waals surface area (Å²) in [6.07, 6.45) is 3.78. The zero-order valence-corrected chi connectivity index (χ0v) is 13.7. The van der Waals surface area contributed by atoms with Gasteiger partial charge in [-0.2, -0.15) is 0 Å². The van der Waals surface area contributed by atoms with Crippen molar-refractivity contribution in [2.45, 2.75) is 44.8 Å². The van der Waals surface area contributed by atoms with Gasteiger partial charge >= 0.3 is 11.9 Å². The van der Waals surface area contributed by atoms with Crippen LogP contribution in [0.5, 0.6) is 0 Å². The zero-order valence-electron chi connectivity index (χ0n) is 13.7. The summed E-state index contributed by atoms with van der Waals surface area (Å²) in [5.41, 5.74) is 0.887. The molecule has 128 valence electrons. The lowest BCUT2D eigenvalue weighted by atomic mass is 9.62. The molecule has 5 rings (SSSR count). The van der Waals surface area contributed by atoms with Gasteiger partial charge in [0.25, 0.3) is 0 Å². The molecule has 4 fully saturated rings. The van der Waals surface area contributed by atoms with Gasteiger partial charge in [0.2, 0.25) is 0 Å². The van der Waals surface area contributed by atoms with E-state index in [0.717, 1.165) is 11.1 Å². The van der Waals surface area contributed by atoms with Crippen molar-refractivity contribution in [2.75, 3.05) is 0 Å². The number of carbonyl (C=O) groups is 2. The normalized spacial score (nSPS) is 54.2. The van der Waals surface area contributed by atoms with Crippen LogP contribution in [0.1, 0.15) is 32.6 Å². The van der Waals surface area contributed by atoms with Crippen LogP contribution in [0.4, 0.5) is 0 Å². The molecular weight excluding hydrogens is 308 g/mol. The van der Waals surface area contributed by atoms with E-state index in [1.165, 1.54) is 0 Å². The molecule has 0 radical (unpaired) electrons. The number of carbonyl (C=O) groups excluding carboxylic acids is 1. The molecule has 0 aromatic heterocycles. The fraction of sp³-hybridized carbons (Fsp3) is 0.684. The summed E-state index contributed by atoms with van der Waals surface area (Å²) in [7, 11) is 0. The molecule has 8 atom stereocenters. The molecule has 0 unspecified atom stereocenters. The largest absolute Gasteiger partial charge is 0.481 e. The second kappa shape index (κ2) is 4.13. The first-order valence-electron chi connectivity index (χ1n) is 8.79. The van der Waals surface area contributed by atoms with Crippen LogP contribution in [0.2, 0.25) is 0 Å². The minimum Gasteiger partial charge on any atom is -0.481 e. The van der Waals surface area contributed by atoms with E-state index in [2.05, 4.69) is 6.58 Å². The molecule has 1 spiro atoms. The van der Waals surface area contributed by atoms with Crippen LogP contribution < -0.4 is 0 Å². The van der Waals surface area contributed by atoms with Crippen LogP contribution in [-0.2, 0) is 14.3 Å². The van der Waals surface area contributed by atoms with Gasteiger partial charge in [-0.05, 0) is 43.6 Å². The molecule has 5 aliphatic rings. The van der Waals surface area contributed by atoms with Gasteiger partial charge in [-0.25, -0.2) is 0 Å². The Bertz CT molecular complexity index is 723. The molecule has 0 aromatic carbocycles. The Labute approximate surface area is 140 Å². The number of aliphatic hydroxyl groups is 1. The van der Waals surface area contributed by atoms with E-state index >= 15 is 0 Å². The maximum absolute atomic E-state index is 12.5. The van der Waals surface area contributed by atoms with Crippen molar-refractivity contribution in [3.8, 4) is 0 Å². The second-order valence-electron chi connectivity index (χ2n) is 8.76. The molecule has 4 aliphatic carbocycles. The molecule has 24 heavy (non-hydrogen) atoms. The molecule has 0 aromatic rings. The lowest BCUT2D eigenvalue weighted by Gasteiger charge is -2.41. The number of allylic oxidation sites excluding steroid dienone is 1. The third-order valence-electron chi connectivity index (χ3n) is 7.71. The van der Waals surface area contributed by atoms with Crippen molar-refractivity contribution in [3.05, 3.63) is 23.8 Å². The first-order valence-corrected chi connectivity index (χ1v) is 8.79. The molecule has 1 saturated heterocycles. The molecule has 3 saturated carbocycles. The third kappa shape index (κ3) is 1.42. The van der Waals surface area contributed by atoms with Crippen molar-refractivity contribution in [1.29, 1.82) is 0 Å². The number of aliphatic hydroxyl groups excluding tert-OH is 1. The molecule has 5 nitrogen and oxygen atoms in total. The molecule has 4 bridgehead atoms. The van der Waals surface area contributed by atoms with E-state index in [0.29, 0.717) is 25.7 Å². The zero-order chi connectivity index (χ0) is 17.0. The van der Waals surface area contributed by atoms with Crippen LogP contribution >= 0.6 is 0 Å². The monoisotopic (exact) mass is 330 g/mol. The summed E-state index contributed by atoms with van der Waals surface area (Å²) in [5.74, 6) is -1.98. The van der Waals surface area contributed by atoms with E-state index in [1.54, 1.807) is 0 Å². The van der Waals surface area contributed by atoms with Gasteiger partial charge in [0, 0.05) is 18.3 Å². The number of rotatable bonds is 1. The minimum absolute atomic E-state index is 0.000739. The number of esters is 1. The first-order chi connectivity index (χ1) is 11.3. The number of hydrogen-bond donors (Lipinski definition) is 2. The summed E-state index contributed by atoms with van der Waals surface area (Å²) in [4.78, 5) is 24.8. The predicted molar refractivity (Wildman–Crippen MR) is 83.7 cm³/mol. The van der Waals surface area contributed by atoms with Crippen LogP contribution in [0.15, 0.2) is 23.8 Å². The Morgan fingerprint density at radius 2 is 2.17 bits per heavy atom. The van der Waals surface area contributed by atoms with Gasteiger partial charge < -0.3 is 14.9 Å². The quantitative estimate of drug-likeness (QED) is 0.567. The highest BCUT2D eigenvalue weighted by Crippen LogP contribution is 2.73. The molecule has 5 heteroatoms. The topological polar surface area (TPSA) is 83.8 Å². The standard InChI is InChI=1S/C19H22O5/c1-8-5-19-7-11(8)13(20)4-12(19)10-3-9-6-18(2,17(23)24-9)14(10)15(19)16(21)22/h3,9,11-15,20H,1,4-7H2,2H3,(H,21,22)/t9-,11-,12+,13+,14-,15-,18-,19+/m1/s1. The average Bonchev–Trinajstić information content (AvgIpc) is 3.03. The van der Waals surface area contributed by atoms with Crippen molar-refractivity contribution < 1.29 is 24.5 Å². The summed E-state index contributed by atoms with van der Waals surface area (Å²) < 4.78 is 5.47. The van der Waals surface area contributed by atoms with Crippen LogP contribution in [-0.4, -0.2) is 34.4 Å². The fourth-order valence-corrected chi connectivity index (χ4v) is 6.88. The Morgan fingerprint density at radius 1 is 1.42 bits per heavy atom. The van der Waals surface area contributed by atoms with Gasteiger partial charge in [-0.1, -0.05) is 17.7 Å². The lowest BCUT2D eigenvalue weighted by Crippen LogP contribution is -2.44. The van der Waals surface area contributed by atoms with Crippen LogP contribution in [0.3, 0.4) is 0 Å². The molecule has 1 heterocycles. The van der Waals surface area contributed by atoms with Gasteiger partial charge in [0.05, 0.1) is 17.4 Å². The van der Waals surface area contributed by atoms with Gasteiger partial charge in [-0.15, -0.1) is 0 Å². The van der Waals surface area contributed by atoms with Gasteiger partial charge in [-0.3, -0.25) is 9.59 Å². The van der Waals surface area contributed by atoms with E-state index in [9.17, 15) is 19.8 Å². The van der Waals surface area contributed by atoms with Crippen LogP contribution in [0, 0.1) is 34.5 Å². The lowest BCUT2D eigenvalue weighted by molar-refractivity contribution is -0.155. The van der Waals surface area contributed by atoms with Crippen LogP contribution in [0.25, 0.3) is 0 Å². The highest BCUT2D eigenvalue weighted by Gasteiger charge is 2.72. The van der Waals surface area contributed by atoms with Crippen molar-refractivity contribution in [1.82, 2.24) is 0 Å². The SMILES string of the molecule is C=C1C[C@]23C[C@H]1[C@@H](O)C[C@H]2C1=C[C@@H]2C[C@@](C)(C(=O)O2)[C@H]1[C@@H]3C(=O)O. The number of fused-ring (bicyclic) bond motifs is 6. The van der Waals surface area contributed by atoms with Crippen molar-refractivity contribution in [2.24, 2.45) is 34.5 Å². The molecule has 2 N–H and O–H groups in total. The highest BCUT2D eigenvalue weighted by molar-refractivity contribution is 5.84. The molecule has 0 amide bonds. The molecular formula is C19H22O5. The van der Waals surface area contributed by atoms with Crippen molar-refractivity contribution in [3.63, 3.8) is 0 Å². The van der Waals surface area contributed by atoms with Gasteiger partial charge in [0.1, 0.15) is 6.10 Å². The van der Waals surface area contributed by atoms with Crippen molar-refractivity contribution >= 4 is 11.9 Å². The maximum atomic E-state index is 12.5. The Kier molecular flexibility index (Phi) is 2.53. The number of carboxylic acid groups (broad SMARTS) is 1. The van der Waals surface area contributed by atoms with E-state index in [1.807, 2.05) is 13.0 Å². The summed E-state index contributed by atoms with van der Waals surface area (Å²) >= 11 is 0. The average molecular weight is 330 g/mol. The Balaban J connectivity index is 1.73. The Morgan fingerprint density at radius 3 is 2.88 bits per heavy atom. The molecule has 1 aliphatic heterocycles. The van der Waals surface area contributed by atoms with E-state index in [4.69, 9.17) is 4.74 Å². The van der Waals surface area contributed by atoms with E-state index in [-0.39, 0.29) is 29.8 Å². The number of carboxylic acids is 1. The summed E-state index contributed by atoms with van der Waals surface area (Å²) in [6, 6.07) is 0. The van der Waals surface area contributed by atoms with Gasteiger partial charge in [0.15, 0.2) is 0 Å². The summed E-state index contributed by atoms with van der Waals surface area (Å²) in [5, 5.41) is 20.7. The van der Waals surface area contributed by atoms with E-state index < -0.39 is 28.8 Å². The minimum atomic E-state index is -0.822. The highest BCUT2D eigenvalue weighted by atomic mass is 16.6. The number of ether oxygens (including phenoxy) is 1. The first kappa shape index (κ1) is 14.7. The number of hydrogen-bond acceptors (Lipinski definition) is 4. The fourth-order valence-electron chi connectivity index (χ4n) is 6.88.